The van der Waals surface area contributed by atoms with Crippen LogP contribution in [0.15, 0.2) is 48.9 Å². The quantitative estimate of drug-likeness (QED) is 0.666. The number of hydrogen-bond donors (Lipinski definition) is 1. The molecule has 0 aliphatic carbocycles. The smallest absolute Gasteiger partial charge is 0.254 e. The molecule has 3 heterocycles. The first kappa shape index (κ1) is 21.1. The van der Waals surface area contributed by atoms with Crippen molar-refractivity contribution < 1.29 is 4.79 Å². The lowest BCUT2D eigenvalue weighted by Crippen LogP contribution is -2.51. The van der Waals surface area contributed by atoms with Gasteiger partial charge in [-0.05, 0) is 55.9 Å². The third-order valence-electron chi connectivity index (χ3n) is 6.29. The molecule has 1 saturated heterocycles. The van der Waals surface area contributed by atoms with Gasteiger partial charge in [0, 0.05) is 43.7 Å². The third kappa shape index (κ3) is 4.48. The van der Waals surface area contributed by atoms with Gasteiger partial charge in [0.25, 0.3) is 5.91 Å². The maximum Gasteiger partial charge on any atom is 0.254 e. The molecule has 0 saturated carbocycles. The van der Waals surface area contributed by atoms with Gasteiger partial charge >= 0.3 is 0 Å². The Balaban J connectivity index is 1.63. The van der Waals surface area contributed by atoms with Gasteiger partial charge in [0.2, 0.25) is 0 Å². The fourth-order valence-electron chi connectivity index (χ4n) is 4.49. The van der Waals surface area contributed by atoms with Crippen LogP contribution >= 0.6 is 0 Å². The Bertz CT molecular complexity index is 1070. The lowest BCUT2D eigenvalue weighted by molar-refractivity contribution is 0.0540. The molecule has 6 nitrogen and oxygen atoms in total. The summed E-state index contributed by atoms with van der Waals surface area (Å²) in [6.07, 6.45) is 7.74. The van der Waals surface area contributed by atoms with Crippen LogP contribution in [0.1, 0.15) is 41.3 Å². The zero-order valence-corrected chi connectivity index (χ0v) is 18.8. The summed E-state index contributed by atoms with van der Waals surface area (Å²) in [5.74, 6) is 1.40. The Hall–Kier alpha value is -3.15. The van der Waals surface area contributed by atoms with Crippen LogP contribution in [0.5, 0.6) is 0 Å². The van der Waals surface area contributed by atoms with Crippen LogP contribution in [-0.4, -0.2) is 44.7 Å². The van der Waals surface area contributed by atoms with Crippen LogP contribution in [0.4, 0.5) is 5.82 Å². The average Bonchev–Trinajstić information content (AvgIpc) is 3.19. The molecule has 31 heavy (non-hydrogen) atoms. The molecule has 162 valence electrons. The highest BCUT2D eigenvalue weighted by molar-refractivity contribution is 6.01. The minimum Gasteiger partial charge on any atom is -0.368 e. The van der Waals surface area contributed by atoms with Crippen molar-refractivity contribution in [2.75, 3.05) is 18.4 Å². The second-order valence-corrected chi connectivity index (χ2v) is 8.69. The van der Waals surface area contributed by atoms with Crippen LogP contribution in [0.2, 0.25) is 0 Å². The van der Waals surface area contributed by atoms with Crippen molar-refractivity contribution in [1.29, 1.82) is 0 Å². The normalized spacial score (nSPS) is 18.8. The fraction of sp³-hybridized carbons (Fsp3) is 0.400. The van der Waals surface area contributed by atoms with Crippen molar-refractivity contribution in [3.8, 4) is 11.1 Å². The Morgan fingerprint density at radius 3 is 2.84 bits per heavy atom. The maximum absolute atomic E-state index is 13.8. The topological polar surface area (TPSA) is 63.1 Å². The van der Waals surface area contributed by atoms with Crippen LogP contribution in [0.25, 0.3) is 11.1 Å². The summed E-state index contributed by atoms with van der Waals surface area (Å²) in [6, 6.07) is 10.2. The molecule has 1 N–H and O–H groups in total. The molecule has 0 spiro atoms. The molecule has 1 amide bonds. The van der Waals surface area contributed by atoms with Gasteiger partial charge in [0.05, 0.1) is 12.2 Å². The standard InChI is InChI=1S/C25H31N5O/c1-17-9-10-21(20-14-28-29(4)16-20)22(13-17)25(31)30-12-6-8-18(2)23(30)15-27-24-19(3)7-5-11-26-24/h5,7,9-11,13-14,16,18,23H,6,8,12,15H2,1-4H3,(H,26,27)/t18-,23?/m1/s1. The average molecular weight is 418 g/mol. The number of aromatic nitrogens is 3. The number of amides is 1. The Morgan fingerprint density at radius 2 is 2.10 bits per heavy atom. The van der Waals surface area contributed by atoms with Gasteiger partial charge in [-0.25, -0.2) is 4.98 Å². The summed E-state index contributed by atoms with van der Waals surface area (Å²) in [6.45, 7) is 7.80. The number of aryl methyl sites for hydroxylation is 3. The molecule has 1 aliphatic rings. The molecule has 2 aromatic heterocycles. The van der Waals surface area contributed by atoms with E-state index in [4.69, 9.17) is 0 Å². The molecule has 0 bridgehead atoms. The SMILES string of the molecule is Cc1ccc(-c2cnn(C)c2)c(C(=O)N2CCC[C@@H](C)C2CNc2ncccc2C)c1. The Labute approximate surface area is 184 Å². The van der Waals surface area contributed by atoms with Crippen molar-refractivity contribution in [2.24, 2.45) is 13.0 Å². The number of benzene rings is 1. The molecule has 1 aliphatic heterocycles. The summed E-state index contributed by atoms with van der Waals surface area (Å²) in [4.78, 5) is 20.4. The Kier molecular flexibility index (Phi) is 6.07. The fourth-order valence-corrected chi connectivity index (χ4v) is 4.49. The van der Waals surface area contributed by atoms with Gasteiger partial charge in [-0.3, -0.25) is 9.48 Å². The molecule has 1 fully saturated rings. The molecule has 2 atom stereocenters. The Morgan fingerprint density at radius 1 is 1.26 bits per heavy atom. The van der Waals surface area contributed by atoms with Crippen molar-refractivity contribution in [3.63, 3.8) is 0 Å². The molecular formula is C25H31N5O. The zero-order chi connectivity index (χ0) is 22.0. The molecule has 1 aromatic carbocycles. The van der Waals surface area contributed by atoms with Crippen LogP contribution < -0.4 is 5.32 Å². The van der Waals surface area contributed by atoms with E-state index in [9.17, 15) is 4.79 Å². The number of pyridine rings is 1. The van der Waals surface area contributed by atoms with E-state index < -0.39 is 0 Å². The largest absolute Gasteiger partial charge is 0.368 e. The first-order valence-corrected chi connectivity index (χ1v) is 11.0. The molecule has 6 heteroatoms. The van der Waals surface area contributed by atoms with Crippen molar-refractivity contribution in [2.45, 2.75) is 39.7 Å². The summed E-state index contributed by atoms with van der Waals surface area (Å²) < 4.78 is 1.77. The van der Waals surface area contributed by atoms with E-state index in [1.165, 1.54) is 0 Å². The van der Waals surface area contributed by atoms with E-state index in [1.807, 2.05) is 44.6 Å². The minimum atomic E-state index is 0.0960. The monoisotopic (exact) mass is 417 g/mol. The number of piperidine rings is 1. The number of carbonyl (C=O) groups is 1. The van der Waals surface area contributed by atoms with Gasteiger partial charge in [0.1, 0.15) is 5.82 Å². The van der Waals surface area contributed by atoms with Gasteiger partial charge < -0.3 is 10.2 Å². The number of hydrogen-bond acceptors (Lipinski definition) is 4. The van der Waals surface area contributed by atoms with E-state index in [2.05, 4.69) is 46.3 Å². The summed E-state index contributed by atoms with van der Waals surface area (Å²) in [5.41, 5.74) is 4.85. The number of rotatable bonds is 5. The number of nitrogens with zero attached hydrogens (tertiary/aromatic N) is 4. The number of likely N-dealkylation sites (tertiary alicyclic amines) is 1. The van der Waals surface area contributed by atoms with Crippen molar-refractivity contribution in [1.82, 2.24) is 19.7 Å². The number of carbonyl (C=O) groups excluding carboxylic acids is 1. The third-order valence-corrected chi connectivity index (χ3v) is 6.29. The number of anilines is 1. The van der Waals surface area contributed by atoms with Gasteiger partial charge in [-0.15, -0.1) is 0 Å². The van der Waals surface area contributed by atoms with E-state index in [-0.39, 0.29) is 11.9 Å². The van der Waals surface area contributed by atoms with E-state index in [1.54, 1.807) is 10.9 Å². The lowest BCUT2D eigenvalue weighted by atomic mass is 9.89. The second-order valence-electron chi connectivity index (χ2n) is 8.69. The predicted octanol–water partition coefficient (Wildman–Crippen LogP) is 4.45. The van der Waals surface area contributed by atoms with Crippen LogP contribution in [0, 0.1) is 19.8 Å². The second kappa shape index (κ2) is 8.92. The molecule has 4 rings (SSSR count). The van der Waals surface area contributed by atoms with Crippen LogP contribution in [0.3, 0.4) is 0 Å². The lowest BCUT2D eigenvalue weighted by Gasteiger charge is -2.40. The highest BCUT2D eigenvalue weighted by atomic mass is 16.2. The molecular weight excluding hydrogens is 386 g/mol. The first-order chi connectivity index (χ1) is 14.9. The zero-order valence-electron chi connectivity index (χ0n) is 18.8. The molecule has 3 aromatic rings. The maximum atomic E-state index is 13.8. The number of nitrogens with one attached hydrogen (secondary N) is 1. The minimum absolute atomic E-state index is 0.0960. The summed E-state index contributed by atoms with van der Waals surface area (Å²) in [7, 11) is 1.90. The highest BCUT2D eigenvalue weighted by Crippen LogP contribution is 2.30. The van der Waals surface area contributed by atoms with E-state index in [0.29, 0.717) is 12.5 Å². The van der Waals surface area contributed by atoms with E-state index in [0.717, 1.165) is 53.0 Å². The highest BCUT2D eigenvalue weighted by Gasteiger charge is 2.33. The van der Waals surface area contributed by atoms with Gasteiger partial charge in [0.15, 0.2) is 0 Å². The van der Waals surface area contributed by atoms with Crippen molar-refractivity contribution in [3.05, 3.63) is 65.6 Å². The summed E-state index contributed by atoms with van der Waals surface area (Å²) in [5, 5.41) is 7.79. The predicted molar refractivity (Wildman–Crippen MR) is 124 cm³/mol. The van der Waals surface area contributed by atoms with Crippen molar-refractivity contribution >= 4 is 11.7 Å². The van der Waals surface area contributed by atoms with Gasteiger partial charge in [-0.2, -0.15) is 5.10 Å². The first-order valence-electron chi connectivity index (χ1n) is 11.0. The van der Waals surface area contributed by atoms with Gasteiger partial charge in [-0.1, -0.05) is 30.7 Å². The molecule has 1 unspecified atom stereocenters. The van der Waals surface area contributed by atoms with E-state index >= 15 is 0 Å². The molecule has 0 radical (unpaired) electrons. The summed E-state index contributed by atoms with van der Waals surface area (Å²) >= 11 is 0. The van der Waals surface area contributed by atoms with Crippen LogP contribution in [-0.2, 0) is 7.05 Å².